The Hall–Kier alpha value is -1.36. The number of nitrogens with zero attached hydrogens (tertiary/aromatic N) is 3. The second-order valence-electron chi connectivity index (χ2n) is 4.36. The average Bonchev–Trinajstić information content (AvgIpc) is 2.34. The van der Waals surface area contributed by atoms with Crippen LogP contribution in [0.25, 0.3) is 0 Å². The minimum absolute atomic E-state index is 0.125. The predicted octanol–water partition coefficient (Wildman–Crippen LogP) is 1.60. The third-order valence-electron chi connectivity index (χ3n) is 2.78. The topological polar surface area (TPSA) is 61.3 Å². The molecule has 0 radical (unpaired) electrons. The fraction of sp³-hybridized carbons (Fsp3) is 0.692. The van der Waals surface area contributed by atoms with Gasteiger partial charge in [-0.3, -0.25) is 0 Å². The van der Waals surface area contributed by atoms with Crippen LogP contribution in [0.5, 0.6) is 0 Å². The van der Waals surface area contributed by atoms with Gasteiger partial charge >= 0.3 is 0 Å². The maximum atomic E-state index is 9.03. The lowest BCUT2D eigenvalue weighted by Crippen LogP contribution is -2.24. The van der Waals surface area contributed by atoms with Crippen molar-refractivity contribution >= 4 is 11.6 Å². The number of nitrogens with one attached hydrogen (secondary N) is 1. The van der Waals surface area contributed by atoms with Crippen molar-refractivity contribution in [1.29, 1.82) is 0 Å². The summed E-state index contributed by atoms with van der Waals surface area (Å²) in [5, 5.41) is 12.3. The summed E-state index contributed by atoms with van der Waals surface area (Å²) in [5.41, 5.74) is 1.03. The summed E-state index contributed by atoms with van der Waals surface area (Å²) in [7, 11) is 1.94. The molecule has 2 N–H and O–H groups in total. The van der Waals surface area contributed by atoms with Gasteiger partial charge in [-0.25, -0.2) is 9.97 Å². The minimum atomic E-state index is 0.125. The molecule has 0 unspecified atom stereocenters. The van der Waals surface area contributed by atoms with E-state index < -0.39 is 0 Å². The molecule has 0 aliphatic heterocycles. The molecule has 0 saturated heterocycles. The van der Waals surface area contributed by atoms with E-state index in [4.69, 9.17) is 5.11 Å². The Balaban J connectivity index is 3.12. The quantitative estimate of drug-likeness (QED) is 0.772. The molecule has 0 aromatic carbocycles. The number of aliphatic hydroxyl groups excluding tert-OH is 1. The van der Waals surface area contributed by atoms with E-state index >= 15 is 0 Å². The number of aryl methyl sites for hydroxylation is 1. The van der Waals surface area contributed by atoms with Crippen molar-refractivity contribution in [3.05, 3.63) is 11.4 Å². The van der Waals surface area contributed by atoms with Crippen LogP contribution >= 0.6 is 0 Å². The van der Waals surface area contributed by atoms with Gasteiger partial charge in [0.1, 0.15) is 17.5 Å². The van der Waals surface area contributed by atoms with Crippen molar-refractivity contribution in [2.75, 3.05) is 37.0 Å². The van der Waals surface area contributed by atoms with Gasteiger partial charge in [0.25, 0.3) is 0 Å². The van der Waals surface area contributed by atoms with Gasteiger partial charge in [0.2, 0.25) is 0 Å². The molecule has 1 rings (SSSR count). The van der Waals surface area contributed by atoms with E-state index in [0.717, 1.165) is 42.4 Å². The van der Waals surface area contributed by atoms with Crippen molar-refractivity contribution in [3.63, 3.8) is 0 Å². The summed E-state index contributed by atoms with van der Waals surface area (Å²) in [6.45, 7) is 7.73. The number of anilines is 2. The smallest absolute Gasteiger partial charge is 0.137 e. The lowest BCUT2D eigenvalue weighted by molar-refractivity contribution is 0.303. The zero-order valence-electron chi connectivity index (χ0n) is 11.8. The maximum Gasteiger partial charge on any atom is 0.137 e. The van der Waals surface area contributed by atoms with Crippen LogP contribution in [0, 0.1) is 6.92 Å². The highest BCUT2D eigenvalue weighted by atomic mass is 16.3. The lowest BCUT2D eigenvalue weighted by atomic mass is 10.2. The molecule has 0 amide bonds. The first-order valence-electron chi connectivity index (χ1n) is 6.57. The van der Waals surface area contributed by atoms with Gasteiger partial charge in [0, 0.05) is 32.1 Å². The van der Waals surface area contributed by atoms with E-state index in [1.807, 2.05) is 18.9 Å². The number of hydrogen-bond donors (Lipinski definition) is 2. The number of hydrogen-bond acceptors (Lipinski definition) is 5. The molecule has 0 bridgehead atoms. The zero-order chi connectivity index (χ0) is 13.5. The van der Waals surface area contributed by atoms with Crippen molar-refractivity contribution < 1.29 is 5.11 Å². The third-order valence-corrected chi connectivity index (χ3v) is 2.78. The molecule has 18 heavy (non-hydrogen) atoms. The van der Waals surface area contributed by atoms with Gasteiger partial charge in [-0.05, 0) is 20.3 Å². The first kappa shape index (κ1) is 14.7. The number of aliphatic hydroxyl groups is 1. The highest BCUT2D eigenvalue weighted by molar-refractivity contribution is 5.58. The summed E-state index contributed by atoms with van der Waals surface area (Å²) in [5.74, 6) is 2.66. The second kappa shape index (κ2) is 7.16. The molecule has 0 fully saturated rings. The van der Waals surface area contributed by atoms with Crippen LogP contribution < -0.4 is 10.2 Å². The SMILES string of the molecule is CCCc1nc(NCC)c(C)c(N(C)CCO)n1. The van der Waals surface area contributed by atoms with Gasteiger partial charge in [-0.15, -0.1) is 0 Å². The number of likely N-dealkylation sites (N-methyl/N-ethyl adjacent to an activating group) is 1. The average molecular weight is 252 g/mol. The van der Waals surface area contributed by atoms with Gasteiger partial charge < -0.3 is 15.3 Å². The van der Waals surface area contributed by atoms with Crippen LogP contribution in [0.4, 0.5) is 11.6 Å². The van der Waals surface area contributed by atoms with Crippen molar-refractivity contribution in [3.8, 4) is 0 Å². The molecule has 1 aromatic heterocycles. The molecule has 1 heterocycles. The van der Waals surface area contributed by atoms with Crippen molar-refractivity contribution in [1.82, 2.24) is 9.97 Å². The summed E-state index contributed by atoms with van der Waals surface area (Å²) in [4.78, 5) is 11.1. The van der Waals surface area contributed by atoms with E-state index in [2.05, 4.69) is 29.1 Å². The van der Waals surface area contributed by atoms with E-state index in [-0.39, 0.29) is 6.61 Å². The Morgan fingerprint density at radius 3 is 2.56 bits per heavy atom. The molecule has 0 aliphatic rings. The monoisotopic (exact) mass is 252 g/mol. The van der Waals surface area contributed by atoms with E-state index in [1.54, 1.807) is 0 Å². The standard InChI is InChI=1S/C13H24N4O/c1-5-7-11-15-12(14-6-2)10(3)13(16-11)17(4)8-9-18/h18H,5-9H2,1-4H3,(H,14,15,16). The Kier molecular flexibility index (Phi) is 5.85. The molecule has 0 saturated carbocycles. The molecule has 102 valence electrons. The summed E-state index contributed by atoms with van der Waals surface area (Å²) >= 11 is 0. The van der Waals surface area contributed by atoms with Crippen LogP contribution in [-0.4, -0.2) is 41.8 Å². The summed E-state index contributed by atoms with van der Waals surface area (Å²) in [6, 6.07) is 0. The summed E-state index contributed by atoms with van der Waals surface area (Å²) < 4.78 is 0. The molecule has 0 atom stereocenters. The number of aromatic nitrogens is 2. The normalized spacial score (nSPS) is 10.5. The molecule has 5 nitrogen and oxygen atoms in total. The zero-order valence-corrected chi connectivity index (χ0v) is 11.8. The Morgan fingerprint density at radius 2 is 2.00 bits per heavy atom. The van der Waals surface area contributed by atoms with Crippen LogP contribution in [0.15, 0.2) is 0 Å². The molecule has 5 heteroatoms. The Bertz CT molecular complexity index is 381. The molecular formula is C13H24N4O. The molecule has 0 spiro atoms. The van der Waals surface area contributed by atoms with Gasteiger partial charge in [-0.1, -0.05) is 6.92 Å². The lowest BCUT2D eigenvalue weighted by Gasteiger charge is -2.21. The molecule has 0 aliphatic carbocycles. The van der Waals surface area contributed by atoms with Crippen LogP contribution in [0.2, 0.25) is 0 Å². The van der Waals surface area contributed by atoms with E-state index in [9.17, 15) is 0 Å². The fourth-order valence-corrected chi connectivity index (χ4v) is 1.85. The van der Waals surface area contributed by atoms with E-state index in [1.165, 1.54) is 0 Å². The fourth-order valence-electron chi connectivity index (χ4n) is 1.85. The van der Waals surface area contributed by atoms with Gasteiger partial charge in [0.15, 0.2) is 0 Å². The number of rotatable bonds is 7. The minimum Gasteiger partial charge on any atom is -0.395 e. The first-order chi connectivity index (χ1) is 8.63. The Morgan fingerprint density at radius 1 is 1.28 bits per heavy atom. The molecular weight excluding hydrogens is 228 g/mol. The van der Waals surface area contributed by atoms with E-state index in [0.29, 0.717) is 6.54 Å². The second-order valence-corrected chi connectivity index (χ2v) is 4.36. The third kappa shape index (κ3) is 3.57. The van der Waals surface area contributed by atoms with Gasteiger partial charge in [0.05, 0.1) is 6.61 Å². The predicted molar refractivity (Wildman–Crippen MR) is 75.3 cm³/mol. The first-order valence-corrected chi connectivity index (χ1v) is 6.57. The van der Waals surface area contributed by atoms with Crippen LogP contribution in [-0.2, 0) is 6.42 Å². The largest absolute Gasteiger partial charge is 0.395 e. The van der Waals surface area contributed by atoms with Crippen molar-refractivity contribution in [2.45, 2.75) is 33.6 Å². The van der Waals surface area contributed by atoms with Crippen LogP contribution in [0.1, 0.15) is 31.7 Å². The summed E-state index contributed by atoms with van der Waals surface area (Å²) in [6.07, 6.45) is 1.90. The highest BCUT2D eigenvalue weighted by Gasteiger charge is 2.13. The van der Waals surface area contributed by atoms with Crippen LogP contribution in [0.3, 0.4) is 0 Å². The highest BCUT2D eigenvalue weighted by Crippen LogP contribution is 2.23. The molecule has 1 aromatic rings. The van der Waals surface area contributed by atoms with Crippen molar-refractivity contribution in [2.24, 2.45) is 0 Å². The maximum absolute atomic E-state index is 9.03. The Labute approximate surface area is 109 Å². The van der Waals surface area contributed by atoms with Gasteiger partial charge in [-0.2, -0.15) is 0 Å².